The number of nitrogens with zero attached hydrogens (tertiary/aromatic N) is 3. The molecule has 0 saturated carbocycles. The Morgan fingerprint density at radius 1 is 1.58 bits per heavy atom. The molecular weight excluding hydrogens is 178 g/mol. The highest BCUT2D eigenvalue weighted by Gasteiger charge is 2.07. The van der Waals surface area contributed by atoms with E-state index in [1.54, 1.807) is 0 Å². The van der Waals surface area contributed by atoms with Crippen molar-refractivity contribution in [3.63, 3.8) is 0 Å². The van der Waals surface area contributed by atoms with Gasteiger partial charge in [0.05, 0.1) is 6.04 Å². The molecule has 1 aromatic rings. The number of nitrogens with two attached hydrogens (primary N) is 1. The van der Waals surface area contributed by atoms with E-state index in [1.807, 2.05) is 0 Å². The molecule has 0 radical (unpaired) electrons. The van der Waals surface area contributed by atoms with Crippen molar-refractivity contribution >= 4 is 12.4 Å². The van der Waals surface area contributed by atoms with Crippen molar-refractivity contribution in [2.45, 2.75) is 32.2 Å². The predicted octanol–water partition coefficient (Wildman–Crippen LogP) is 0.811. The first-order valence-corrected chi connectivity index (χ1v) is 3.83. The summed E-state index contributed by atoms with van der Waals surface area (Å²) in [6, 6.07) is -0.0371. The maximum Gasteiger partial charge on any atom is 0.165 e. The molecule has 0 aliphatic heterocycles. The van der Waals surface area contributed by atoms with Crippen LogP contribution in [0.4, 0.5) is 0 Å². The molecule has 0 fully saturated rings. The van der Waals surface area contributed by atoms with Gasteiger partial charge in [0, 0.05) is 0 Å². The van der Waals surface area contributed by atoms with Crippen molar-refractivity contribution < 1.29 is 0 Å². The van der Waals surface area contributed by atoms with E-state index in [0.717, 1.165) is 19.3 Å². The lowest BCUT2D eigenvalue weighted by molar-refractivity contribution is 0.575. The highest BCUT2D eigenvalue weighted by Crippen LogP contribution is 2.10. The van der Waals surface area contributed by atoms with E-state index >= 15 is 0 Å². The maximum absolute atomic E-state index is 5.75. The summed E-state index contributed by atoms with van der Waals surface area (Å²) < 4.78 is 0. The number of hydrogen-bond donors (Lipinski definition) is 2. The average molecular weight is 192 g/mol. The molecule has 1 aromatic heterocycles. The smallest absolute Gasteiger partial charge is 0.165 e. The van der Waals surface area contributed by atoms with Crippen molar-refractivity contribution in [2.24, 2.45) is 5.73 Å². The number of nitrogens with one attached hydrogen (secondary N) is 1. The first-order chi connectivity index (χ1) is 5.34. The molecule has 0 aliphatic carbocycles. The second-order valence-corrected chi connectivity index (χ2v) is 2.54. The number of aromatic nitrogens is 4. The molecule has 5 nitrogen and oxygen atoms in total. The Bertz CT molecular complexity index is 188. The molecule has 1 rings (SSSR count). The number of hydrogen-bond acceptors (Lipinski definition) is 4. The maximum atomic E-state index is 5.75. The van der Waals surface area contributed by atoms with Gasteiger partial charge in [0.15, 0.2) is 5.82 Å². The van der Waals surface area contributed by atoms with Crippen LogP contribution in [0.25, 0.3) is 0 Å². The zero-order chi connectivity index (χ0) is 8.10. The number of halogens is 1. The summed E-state index contributed by atoms with van der Waals surface area (Å²) in [7, 11) is 0. The average Bonchev–Trinajstić information content (AvgIpc) is 2.52. The largest absolute Gasteiger partial charge is 0.321 e. The molecule has 1 unspecified atom stereocenters. The highest BCUT2D eigenvalue weighted by atomic mass is 35.5. The van der Waals surface area contributed by atoms with Crippen LogP contribution < -0.4 is 5.73 Å². The van der Waals surface area contributed by atoms with Crippen LogP contribution in [0.3, 0.4) is 0 Å². The monoisotopic (exact) mass is 191 g/mol. The Labute approximate surface area is 77.5 Å². The molecule has 0 bridgehead atoms. The summed E-state index contributed by atoms with van der Waals surface area (Å²) in [6.45, 7) is 2.13. The van der Waals surface area contributed by atoms with Gasteiger partial charge in [-0.15, -0.1) is 17.5 Å². The molecule has 0 aromatic carbocycles. The van der Waals surface area contributed by atoms with Crippen molar-refractivity contribution in [2.75, 3.05) is 0 Å². The fourth-order valence-electron chi connectivity index (χ4n) is 0.884. The van der Waals surface area contributed by atoms with Crippen LogP contribution in [-0.2, 0) is 0 Å². The molecule has 1 heterocycles. The van der Waals surface area contributed by atoms with Gasteiger partial charge in [-0.1, -0.05) is 19.8 Å². The minimum Gasteiger partial charge on any atom is -0.321 e. The van der Waals surface area contributed by atoms with E-state index in [4.69, 9.17) is 5.73 Å². The first kappa shape index (κ1) is 11.3. The van der Waals surface area contributed by atoms with E-state index in [1.165, 1.54) is 0 Å². The molecule has 0 spiro atoms. The quantitative estimate of drug-likeness (QED) is 0.738. The standard InChI is InChI=1S/C6H13N5.ClH/c1-2-3-4-5(7)6-8-10-11-9-6;/h5H,2-4,7H2,1H3,(H,8,9,10,11);1H. The van der Waals surface area contributed by atoms with Gasteiger partial charge in [0.1, 0.15) is 0 Å². The van der Waals surface area contributed by atoms with E-state index in [-0.39, 0.29) is 18.4 Å². The number of tetrazole rings is 1. The van der Waals surface area contributed by atoms with Crippen molar-refractivity contribution in [1.82, 2.24) is 20.6 Å². The van der Waals surface area contributed by atoms with Gasteiger partial charge < -0.3 is 5.73 Å². The fraction of sp³-hybridized carbons (Fsp3) is 0.833. The third kappa shape index (κ3) is 3.15. The topological polar surface area (TPSA) is 80.5 Å². The van der Waals surface area contributed by atoms with Crippen LogP contribution in [0.2, 0.25) is 0 Å². The van der Waals surface area contributed by atoms with Crippen molar-refractivity contribution in [3.8, 4) is 0 Å². The van der Waals surface area contributed by atoms with Crippen molar-refractivity contribution in [3.05, 3.63) is 5.82 Å². The Hall–Kier alpha value is -0.680. The van der Waals surface area contributed by atoms with Gasteiger partial charge in [-0.2, -0.15) is 0 Å². The van der Waals surface area contributed by atoms with E-state index in [2.05, 4.69) is 27.5 Å². The van der Waals surface area contributed by atoms with Gasteiger partial charge in [-0.05, 0) is 16.8 Å². The van der Waals surface area contributed by atoms with Crippen LogP contribution in [0.1, 0.15) is 38.1 Å². The Balaban J connectivity index is 0.00000121. The second-order valence-electron chi connectivity index (χ2n) is 2.54. The number of unbranched alkanes of at least 4 members (excludes halogenated alkanes) is 1. The Morgan fingerprint density at radius 3 is 2.83 bits per heavy atom. The molecule has 70 valence electrons. The zero-order valence-corrected chi connectivity index (χ0v) is 7.84. The van der Waals surface area contributed by atoms with Crippen LogP contribution in [-0.4, -0.2) is 20.6 Å². The summed E-state index contributed by atoms with van der Waals surface area (Å²) in [5.74, 6) is 0.679. The van der Waals surface area contributed by atoms with E-state index in [9.17, 15) is 0 Å². The summed E-state index contributed by atoms with van der Waals surface area (Å²) in [6.07, 6.45) is 3.20. The lowest BCUT2D eigenvalue weighted by atomic mass is 10.1. The highest BCUT2D eigenvalue weighted by molar-refractivity contribution is 5.85. The van der Waals surface area contributed by atoms with Gasteiger partial charge in [0.25, 0.3) is 0 Å². The SMILES string of the molecule is CCCCC(N)c1nnn[nH]1.Cl. The molecular formula is C6H14ClN5. The first-order valence-electron chi connectivity index (χ1n) is 3.83. The third-order valence-corrected chi connectivity index (χ3v) is 1.58. The fourth-order valence-corrected chi connectivity index (χ4v) is 0.884. The molecule has 0 saturated heterocycles. The molecule has 0 aliphatic rings. The van der Waals surface area contributed by atoms with Gasteiger partial charge in [0.2, 0.25) is 0 Å². The summed E-state index contributed by atoms with van der Waals surface area (Å²) >= 11 is 0. The van der Waals surface area contributed by atoms with E-state index in [0.29, 0.717) is 5.82 Å². The van der Waals surface area contributed by atoms with Crippen molar-refractivity contribution in [1.29, 1.82) is 0 Å². The molecule has 3 N–H and O–H groups in total. The third-order valence-electron chi connectivity index (χ3n) is 1.58. The Kier molecular flexibility index (Phi) is 5.57. The lowest BCUT2D eigenvalue weighted by Crippen LogP contribution is -2.11. The van der Waals surface area contributed by atoms with E-state index < -0.39 is 0 Å². The zero-order valence-electron chi connectivity index (χ0n) is 7.03. The van der Waals surface area contributed by atoms with Crippen LogP contribution in [0.5, 0.6) is 0 Å². The number of aromatic amines is 1. The van der Waals surface area contributed by atoms with Crippen LogP contribution >= 0.6 is 12.4 Å². The van der Waals surface area contributed by atoms with Crippen LogP contribution in [0.15, 0.2) is 0 Å². The summed E-state index contributed by atoms with van der Waals surface area (Å²) in [4.78, 5) is 0. The molecule has 12 heavy (non-hydrogen) atoms. The molecule has 1 atom stereocenters. The lowest BCUT2D eigenvalue weighted by Gasteiger charge is -2.04. The minimum atomic E-state index is -0.0371. The number of H-pyrrole nitrogens is 1. The molecule has 6 heteroatoms. The van der Waals surface area contributed by atoms with Crippen LogP contribution in [0, 0.1) is 0 Å². The summed E-state index contributed by atoms with van der Waals surface area (Å²) in [5, 5.41) is 13.3. The Morgan fingerprint density at radius 2 is 2.33 bits per heavy atom. The van der Waals surface area contributed by atoms with Gasteiger partial charge >= 0.3 is 0 Å². The number of rotatable bonds is 4. The summed E-state index contributed by atoms with van der Waals surface area (Å²) in [5.41, 5.74) is 5.75. The normalized spacial score (nSPS) is 12.2. The predicted molar refractivity (Wildman–Crippen MR) is 47.9 cm³/mol. The van der Waals surface area contributed by atoms with Gasteiger partial charge in [-0.3, -0.25) is 0 Å². The molecule has 0 amide bonds. The van der Waals surface area contributed by atoms with Gasteiger partial charge in [-0.25, -0.2) is 5.10 Å². The second kappa shape index (κ2) is 5.91. The minimum absolute atomic E-state index is 0.